The summed E-state index contributed by atoms with van der Waals surface area (Å²) in [7, 11) is 0. The van der Waals surface area contributed by atoms with Crippen LogP contribution in [0.4, 0.5) is 0 Å². The number of thiophene rings is 2. The highest BCUT2D eigenvalue weighted by Crippen LogP contribution is 2.36. The number of amides is 2. The van der Waals surface area contributed by atoms with Gasteiger partial charge >= 0.3 is 0 Å². The van der Waals surface area contributed by atoms with Gasteiger partial charge in [0.15, 0.2) is 0 Å². The SMILES string of the molecule is C[C@@]1(C(=O)NC2CCCCCCC2)Cn2c(cc3sccc32)C(=O)N1Cc1cccs1. The Balaban J connectivity index is 1.48. The zero-order chi connectivity index (χ0) is 21.4. The van der Waals surface area contributed by atoms with Crippen LogP contribution in [-0.2, 0) is 17.9 Å². The van der Waals surface area contributed by atoms with E-state index in [2.05, 4.69) is 16.0 Å². The van der Waals surface area contributed by atoms with Crippen LogP contribution in [0.1, 0.15) is 67.2 Å². The van der Waals surface area contributed by atoms with Crippen molar-refractivity contribution in [1.82, 2.24) is 14.8 Å². The van der Waals surface area contributed by atoms with E-state index in [4.69, 9.17) is 0 Å². The van der Waals surface area contributed by atoms with Gasteiger partial charge in [-0.2, -0.15) is 0 Å². The van der Waals surface area contributed by atoms with Gasteiger partial charge in [-0.15, -0.1) is 22.7 Å². The molecule has 0 spiro atoms. The molecule has 1 fully saturated rings. The van der Waals surface area contributed by atoms with Crippen molar-refractivity contribution in [2.24, 2.45) is 0 Å². The normalized spacial score (nSPS) is 22.9. The predicted octanol–water partition coefficient (Wildman–Crippen LogP) is 5.41. The van der Waals surface area contributed by atoms with Crippen LogP contribution in [-0.4, -0.2) is 32.9 Å². The lowest BCUT2D eigenvalue weighted by Gasteiger charge is -2.44. The van der Waals surface area contributed by atoms with Crippen LogP contribution in [0.5, 0.6) is 0 Å². The molecule has 1 aliphatic heterocycles. The molecule has 3 aromatic rings. The predicted molar refractivity (Wildman–Crippen MR) is 127 cm³/mol. The summed E-state index contributed by atoms with van der Waals surface area (Å²) in [6.45, 7) is 2.89. The number of hydrogen-bond donors (Lipinski definition) is 1. The first-order chi connectivity index (χ1) is 15.1. The van der Waals surface area contributed by atoms with E-state index in [0.717, 1.165) is 40.8 Å². The van der Waals surface area contributed by atoms with E-state index in [1.807, 2.05) is 35.9 Å². The fourth-order valence-corrected chi connectivity index (χ4v) is 6.54. The Morgan fingerprint density at radius 3 is 2.65 bits per heavy atom. The summed E-state index contributed by atoms with van der Waals surface area (Å²) in [5.41, 5.74) is 0.813. The molecule has 0 aromatic carbocycles. The van der Waals surface area contributed by atoms with Gasteiger partial charge in [0.25, 0.3) is 5.91 Å². The van der Waals surface area contributed by atoms with Crippen molar-refractivity contribution in [2.75, 3.05) is 0 Å². The molecule has 1 N–H and O–H groups in total. The smallest absolute Gasteiger partial charge is 0.271 e. The van der Waals surface area contributed by atoms with Gasteiger partial charge in [-0.05, 0) is 48.7 Å². The zero-order valence-electron chi connectivity index (χ0n) is 17.9. The largest absolute Gasteiger partial charge is 0.351 e. The molecule has 1 aliphatic carbocycles. The van der Waals surface area contributed by atoms with Gasteiger partial charge < -0.3 is 14.8 Å². The molecule has 3 aromatic heterocycles. The van der Waals surface area contributed by atoms with Crippen molar-refractivity contribution in [2.45, 2.75) is 76.5 Å². The molecule has 7 heteroatoms. The third kappa shape index (κ3) is 3.82. The number of carbonyl (C=O) groups is 2. The molecule has 0 saturated heterocycles. The lowest BCUT2D eigenvalue weighted by molar-refractivity contribution is -0.134. The van der Waals surface area contributed by atoms with Crippen LogP contribution >= 0.6 is 22.7 Å². The Morgan fingerprint density at radius 1 is 1.13 bits per heavy atom. The van der Waals surface area contributed by atoms with Crippen molar-refractivity contribution in [3.8, 4) is 0 Å². The minimum atomic E-state index is -0.926. The number of carbonyl (C=O) groups excluding carboxylic acids is 2. The summed E-state index contributed by atoms with van der Waals surface area (Å²) in [6, 6.07) is 8.28. The molecule has 5 rings (SSSR count). The molecule has 0 radical (unpaired) electrons. The average Bonchev–Trinajstić information content (AvgIpc) is 3.46. The monoisotopic (exact) mass is 455 g/mol. The molecule has 0 bridgehead atoms. The lowest BCUT2D eigenvalue weighted by Crippen LogP contribution is -2.64. The fourth-order valence-electron chi connectivity index (χ4n) is 5.02. The number of hydrogen-bond acceptors (Lipinski definition) is 4. The van der Waals surface area contributed by atoms with Crippen molar-refractivity contribution in [3.63, 3.8) is 0 Å². The van der Waals surface area contributed by atoms with Gasteiger partial charge in [0.2, 0.25) is 5.91 Å². The summed E-state index contributed by atoms with van der Waals surface area (Å²) in [5, 5.41) is 7.42. The van der Waals surface area contributed by atoms with Gasteiger partial charge in [0.1, 0.15) is 11.2 Å². The highest BCUT2D eigenvalue weighted by Gasteiger charge is 2.48. The van der Waals surface area contributed by atoms with Crippen LogP contribution in [0.3, 0.4) is 0 Å². The van der Waals surface area contributed by atoms with E-state index in [1.54, 1.807) is 27.6 Å². The molecule has 2 aliphatic rings. The third-order valence-corrected chi connectivity index (χ3v) is 8.59. The van der Waals surface area contributed by atoms with Crippen LogP contribution in [0, 0.1) is 0 Å². The maximum atomic E-state index is 13.8. The summed E-state index contributed by atoms with van der Waals surface area (Å²) >= 11 is 3.27. The highest BCUT2D eigenvalue weighted by atomic mass is 32.1. The summed E-state index contributed by atoms with van der Waals surface area (Å²) in [4.78, 5) is 30.3. The van der Waals surface area contributed by atoms with Gasteiger partial charge in [-0.3, -0.25) is 9.59 Å². The van der Waals surface area contributed by atoms with Crippen molar-refractivity contribution < 1.29 is 9.59 Å². The van der Waals surface area contributed by atoms with Crippen molar-refractivity contribution >= 4 is 44.7 Å². The number of fused-ring (bicyclic) bond motifs is 3. The van der Waals surface area contributed by atoms with Crippen LogP contribution in [0.25, 0.3) is 10.2 Å². The first-order valence-electron chi connectivity index (χ1n) is 11.3. The zero-order valence-corrected chi connectivity index (χ0v) is 19.6. The molecule has 1 saturated carbocycles. The second-order valence-electron chi connectivity index (χ2n) is 9.05. The van der Waals surface area contributed by atoms with E-state index in [9.17, 15) is 9.59 Å². The quantitative estimate of drug-likeness (QED) is 0.572. The third-order valence-electron chi connectivity index (χ3n) is 6.87. The molecule has 0 unspecified atom stereocenters. The Morgan fingerprint density at radius 2 is 1.90 bits per heavy atom. The second-order valence-corrected chi connectivity index (χ2v) is 11.0. The Labute approximate surface area is 191 Å². The summed E-state index contributed by atoms with van der Waals surface area (Å²) in [5.74, 6) is -0.0796. The van der Waals surface area contributed by atoms with Gasteiger partial charge in [-0.1, -0.05) is 38.2 Å². The van der Waals surface area contributed by atoms with Crippen LogP contribution in [0.15, 0.2) is 35.0 Å². The van der Waals surface area contributed by atoms with E-state index >= 15 is 0 Å². The topological polar surface area (TPSA) is 54.3 Å². The first kappa shape index (κ1) is 20.8. The molecular formula is C24H29N3O2S2. The molecule has 5 nitrogen and oxygen atoms in total. The van der Waals surface area contributed by atoms with E-state index in [-0.39, 0.29) is 17.9 Å². The Kier molecular flexibility index (Phi) is 5.65. The molecular weight excluding hydrogens is 426 g/mol. The Bertz CT molecular complexity index is 1080. The first-order valence-corrected chi connectivity index (χ1v) is 13.0. The van der Waals surface area contributed by atoms with Gasteiger partial charge in [0, 0.05) is 10.9 Å². The number of nitrogens with zero attached hydrogens (tertiary/aromatic N) is 2. The summed E-state index contributed by atoms with van der Waals surface area (Å²) in [6.07, 6.45) is 8.18. The Hall–Kier alpha value is -2.12. The molecule has 2 amide bonds. The molecule has 31 heavy (non-hydrogen) atoms. The van der Waals surface area contributed by atoms with E-state index < -0.39 is 5.54 Å². The van der Waals surface area contributed by atoms with Crippen LogP contribution < -0.4 is 5.32 Å². The van der Waals surface area contributed by atoms with Crippen LogP contribution in [0.2, 0.25) is 0 Å². The standard InChI is InChI=1S/C24H29N3O2S2/c1-24(23(29)25-17-8-5-3-2-4-6-9-17)16-26-19-11-13-31-21(19)14-20(26)22(28)27(24)15-18-10-7-12-30-18/h7,10-14,17H,2-6,8-9,15-16H2,1H3,(H,25,29)/t24-/m0/s1. The number of rotatable bonds is 4. The molecule has 4 heterocycles. The second kappa shape index (κ2) is 8.43. The summed E-state index contributed by atoms with van der Waals surface area (Å²) < 4.78 is 3.15. The number of aromatic nitrogens is 1. The number of nitrogens with one attached hydrogen (secondary N) is 1. The van der Waals surface area contributed by atoms with Gasteiger partial charge in [0.05, 0.1) is 23.3 Å². The van der Waals surface area contributed by atoms with E-state index in [1.165, 1.54) is 19.3 Å². The minimum Gasteiger partial charge on any atom is -0.351 e. The highest BCUT2D eigenvalue weighted by molar-refractivity contribution is 7.17. The molecule has 164 valence electrons. The minimum absolute atomic E-state index is 0.0225. The fraction of sp³-hybridized carbons (Fsp3) is 0.500. The molecule has 1 atom stereocenters. The van der Waals surface area contributed by atoms with Gasteiger partial charge in [-0.25, -0.2) is 0 Å². The average molecular weight is 456 g/mol. The van der Waals surface area contributed by atoms with E-state index in [0.29, 0.717) is 18.8 Å². The maximum Gasteiger partial charge on any atom is 0.271 e. The van der Waals surface area contributed by atoms with Crippen molar-refractivity contribution in [3.05, 3.63) is 45.6 Å². The van der Waals surface area contributed by atoms with Crippen molar-refractivity contribution in [1.29, 1.82) is 0 Å². The maximum absolute atomic E-state index is 13.8. The lowest BCUT2D eigenvalue weighted by atomic mass is 9.92.